The van der Waals surface area contributed by atoms with Gasteiger partial charge in [0, 0.05) is 35.0 Å². The molecule has 0 aliphatic rings. The molecule has 1 heterocycles. The summed E-state index contributed by atoms with van der Waals surface area (Å²) in [5.74, 6) is 0.903. The fourth-order valence-corrected chi connectivity index (χ4v) is 4.92. The van der Waals surface area contributed by atoms with Crippen LogP contribution in [0.1, 0.15) is 83.1 Å². The van der Waals surface area contributed by atoms with Gasteiger partial charge in [-0.15, -0.1) is 0 Å². The summed E-state index contributed by atoms with van der Waals surface area (Å²) in [6.45, 7) is 14.8. The van der Waals surface area contributed by atoms with Crippen molar-refractivity contribution in [2.45, 2.75) is 79.6 Å². The van der Waals surface area contributed by atoms with E-state index in [-0.39, 0.29) is 17.8 Å². The van der Waals surface area contributed by atoms with Crippen molar-refractivity contribution in [1.29, 1.82) is 0 Å². The van der Waals surface area contributed by atoms with E-state index < -0.39 is 5.41 Å². The Morgan fingerprint density at radius 3 is 2.27 bits per heavy atom. The highest BCUT2D eigenvalue weighted by Crippen LogP contribution is 2.44. The first-order valence-electron chi connectivity index (χ1n) is 12.4. The molecule has 0 aliphatic heterocycles. The lowest BCUT2D eigenvalue weighted by Crippen LogP contribution is -2.27. The Kier molecular flexibility index (Phi) is 7.41. The average molecular weight is 448 g/mol. The topological polar surface area (TPSA) is 31.2 Å². The lowest BCUT2D eigenvalue weighted by atomic mass is 9.70. The van der Waals surface area contributed by atoms with E-state index in [1.165, 1.54) is 27.6 Å². The summed E-state index contributed by atoms with van der Waals surface area (Å²) in [6.07, 6.45) is 6.63. The van der Waals surface area contributed by atoms with E-state index in [4.69, 9.17) is 4.74 Å². The molecule has 0 bridgehead atoms. The first-order valence-corrected chi connectivity index (χ1v) is 12.4. The number of benzene rings is 2. The number of carbonyl (C=O) groups excluding carboxylic acids is 1. The van der Waals surface area contributed by atoms with Crippen molar-refractivity contribution >= 4 is 16.7 Å². The number of Topliss-reactive ketones (excluding diaryl/α,β-unsaturated/α-hetero) is 1. The zero-order valence-corrected chi connectivity index (χ0v) is 21.8. The van der Waals surface area contributed by atoms with Crippen LogP contribution in [-0.2, 0) is 23.7 Å². The molecule has 178 valence electrons. The standard InChI is InChI=1S/C30H41NO2/c1-9-12-22-13-15-24-25(19-31(8)26(24)18-22)30(10-2,11-3)23-14-16-27(21(4)17-23)33-20-28(32)29(5,6)7/h13-19H,9-12,20H2,1-8H3. The number of rotatable bonds is 9. The second kappa shape index (κ2) is 9.75. The molecule has 0 amide bonds. The summed E-state index contributed by atoms with van der Waals surface area (Å²) in [5.41, 5.74) is 6.02. The highest BCUT2D eigenvalue weighted by Gasteiger charge is 2.34. The fourth-order valence-electron chi connectivity index (χ4n) is 4.92. The smallest absolute Gasteiger partial charge is 0.175 e. The molecule has 0 aliphatic carbocycles. The van der Waals surface area contributed by atoms with Gasteiger partial charge in [0.25, 0.3) is 0 Å². The third kappa shape index (κ3) is 4.88. The lowest BCUT2D eigenvalue weighted by Gasteiger charge is -2.33. The zero-order valence-electron chi connectivity index (χ0n) is 21.8. The Morgan fingerprint density at radius 1 is 1.00 bits per heavy atom. The molecule has 33 heavy (non-hydrogen) atoms. The summed E-state index contributed by atoms with van der Waals surface area (Å²) in [5, 5.41) is 1.34. The van der Waals surface area contributed by atoms with Crippen LogP contribution < -0.4 is 4.74 Å². The summed E-state index contributed by atoms with van der Waals surface area (Å²) in [6, 6.07) is 13.5. The number of hydrogen-bond acceptors (Lipinski definition) is 2. The SMILES string of the molecule is CCCc1ccc2c(C(CC)(CC)c3ccc(OCC(=O)C(C)(C)C)c(C)c3)cn(C)c2c1. The number of ether oxygens (including phenoxy) is 1. The zero-order chi connectivity index (χ0) is 24.4. The molecular weight excluding hydrogens is 406 g/mol. The molecule has 0 atom stereocenters. The Labute approximate surface area is 200 Å². The van der Waals surface area contributed by atoms with Crippen LogP contribution in [-0.4, -0.2) is 17.0 Å². The number of ketones is 1. The molecule has 0 fully saturated rings. The maximum absolute atomic E-state index is 12.3. The van der Waals surface area contributed by atoms with Gasteiger partial charge in [0.15, 0.2) is 5.78 Å². The number of carbonyl (C=O) groups is 1. The van der Waals surface area contributed by atoms with Crippen molar-refractivity contribution in [2.75, 3.05) is 6.61 Å². The minimum atomic E-state index is -0.390. The predicted molar refractivity (Wildman–Crippen MR) is 139 cm³/mol. The molecule has 3 nitrogen and oxygen atoms in total. The molecule has 2 aromatic carbocycles. The largest absolute Gasteiger partial charge is 0.486 e. The van der Waals surface area contributed by atoms with Gasteiger partial charge < -0.3 is 9.30 Å². The van der Waals surface area contributed by atoms with Gasteiger partial charge in [0.2, 0.25) is 0 Å². The molecule has 0 radical (unpaired) electrons. The number of fused-ring (bicyclic) bond motifs is 1. The summed E-state index contributed by atoms with van der Waals surface area (Å²) < 4.78 is 8.21. The van der Waals surface area contributed by atoms with Crippen LogP contribution in [0.5, 0.6) is 5.75 Å². The molecule has 3 aromatic rings. The van der Waals surface area contributed by atoms with E-state index in [0.717, 1.165) is 37.0 Å². The van der Waals surface area contributed by atoms with Crippen LogP contribution in [0.3, 0.4) is 0 Å². The number of hydrogen-bond donors (Lipinski definition) is 0. The molecule has 0 saturated heterocycles. The maximum atomic E-state index is 12.3. The summed E-state index contributed by atoms with van der Waals surface area (Å²) in [7, 11) is 2.16. The normalized spacial score (nSPS) is 12.4. The van der Waals surface area contributed by atoms with Crippen LogP contribution >= 0.6 is 0 Å². The molecular formula is C30H41NO2. The molecule has 0 unspecified atom stereocenters. The van der Waals surface area contributed by atoms with Gasteiger partial charge in [-0.3, -0.25) is 4.79 Å². The summed E-state index contributed by atoms with van der Waals surface area (Å²) >= 11 is 0. The first kappa shape index (κ1) is 25.1. The Hall–Kier alpha value is -2.55. The maximum Gasteiger partial charge on any atom is 0.175 e. The van der Waals surface area contributed by atoms with E-state index in [0.29, 0.717) is 0 Å². The Morgan fingerprint density at radius 2 is 1.70 bits per heavy atom. The molecule has 3 rings (SSSR count). The van der Waals surface area contributed by atoms with Crippen LogP contribution in [0.2, 0.25) is 0 Å². The van der Waals surface area contributed by atoms with Crippen LogP contribution in [0.4, 0.5) is 0 Å². The van der Waals surface area contributed by atoms with Crippen molar-refractivity contribution in [3.05, 3.63) is 64.8 Å². The Bertz CT molecular complexity index is 1130. The van der Waals surface area contributed by atoms with Gasteiger partial charge in [-0.2, -0.15) is 0 Å². The highest BCUT2D eigenvalue weighted by atomic mass is 16.5. The van der Waals surface area contributed by atoms with Crippen molar-refractivity contribution in [3.8, 4) is 5.75 Å². The average Bonchev–Trinajstić information content (AvgIpc) is 3.10. The minimum Gasteiger partial charge on any atom is -0.486 e. The summed E-state index contributed by atoms with van der Waals surface area (Å²) in [4.78, 5) is 12.3. The number of aromatic nitrogens is 1. The Balaban J connectivity index is 2.02. The van der Waals surface area contributed by atoms with E-state index in [1.807, 2.05) is 26.8 Å². The molecule has 0 saturated carbocycles. The third-order valence-electron chi connectivity index (χ3n) is 7.24. The van der Waals surface area contributed by atoms with E-state index in [9.17, 15) is 4.79 Å². The molecule has 0 N–H and O–H groups in total. The monoisotopic (exact) mass is 447 g/mol. The fraction of sp³-hybridized carbons (Fsp3) is 0.500. The lowest BCUT2D eigenvalue weighted by molar-refractivity contribution is -0.128. The van der Waals surface area contributed by atoms with Crippen LogP contribution in [0.25, 0.3) is 10.9 Å². The second-order valence-electron chi connectivity index (χ2n) is 10.5. The van der Waals surface area contributed by atoms with Gasteiger partial charge in [0.1, 0.15) is 12.4 Å². The van der Waals surface area contributed by atoms with E-state index in [2.05, 4.69) is 75.8 Å². The van der Waals surface area contributed by atoms with Gasteiger partial charge in [0.05, 0.1) is 0 Å². The van der Waals surface area contributed by atoms with Gasteiger partial charge in [-0.1, -0.05) is 72.2 Å². The second-order valence-corrected chi connectivity index (χ2v) is 10.5. The molecule has 3 heteroatoms. The number of aryl methyl sites for hydroxylation is 3. The van der Waals surface area contributed by atoms with Crippen molar-refractivity contribution in [3.63, 3.8) is 0 Å². The quantitative estimate of drug-likeness (QED) is 0.339. The predicted octanol–water partition coefficient (Wildman–Crippen LogP) is 7.54. The van der Waals surface area contributed by atoms with Gasteiger partial charge in [-0.05, 0) is 60.6 Å². The minimum absolute atomic E-state index is 0.0731. The highest BCUT2D eigenvalue weighted by molar-refractivity contribution is 5.86. The molecule has 0 spiro atoms. The number of nitrogens with zero attached hydrogens (tertiary/aromatic N) is 1. The van der Waals surface area contributed by atoms with Crippen molar-refractivity contribution < 1.29 is 9.53 Å². The third-order valence-corrected chi connectivity index (χ3v) is 7.24. The van der Waals surface area contributed by atoms with Crippen molar-refractivity contribution in [1.82, 2.24) is 4.57 Å². The van der Waals surface area contributed by atoms with Gasteiger partial charge >= 0.3 is 0 Å². The van der Waals surface area contributed by atoms with Crippen LogP contribution in [0.15, 0.2) is 42.6 Å². The van der Waals surface area contributed by atoms with Crippen molar-refractivity contribution in [2.24, 2.45) is 12.5 Å². The first-order chi connectivity index (χ1) is 15.6. The molecule has 1 aromatic heterocycles. The van der Waals surface area contributed by atoms with E-state index >= 15 is 0 Å². The van der Waals surface area contributed by atoms with Gasteiger partial charge in [-0.25, -0.2) is 0 Å². The van der Waals surface area contributed by atoms with E-state index in [1.54, 1.807) is 0 Å². The van der Waals surface area contributed by atoms with Crippen LogP contribution in [0, 0.1) is 12.3 Å².